The van der Waals surface area contributed by atoms with Gasteiger partial charge < -0.3 is 10.2 Å². The zero-order valence-electron chi connectivity index (χ0n) is 12.2. The number of nitrogens with zero attached hydrogens (tertiary/aromatic N) is 1. The van der Waals surface area contributed by atoms with Crippen LogP contribution in [0.25, 0.3) is 6.08 Å². The lowest BCUT2D eigenvalue weighted by Gasteiger charge is -2.12. The topological polar surface area (TPSA) is 15.3 Å². The Balaban J connectivity index is 2.10. The van der Waals surface area contributed by atoms with Gasteiger partial charge in [0.1, 0.15) is 0 Å². The molecule has 0 saturated carbocycles. The Hall–Kier alpha value is -1.61. The van der Waals surface area contributed by atoms with Gasteiger partial charge in [-0.05, 0) is 47.4 Å². The van der Waals surface area contributed by atoms with Crippen molar-refractivity contribution in [3.63, 3.8) is 0 Å². The van der Waals surface area contributed by atoms with Crippen molar-refractivity contribution in [1.82, 2.24) is 5.32 Å². The van der Waals surface area contributed by atoms with E-state index in [1.165, 1.54) is 16.2 Å². The summed E-state index contributed by atoms with van der Waals surface area (Å²) in [6.45, 7) is 1.01. The van der Waals surface area contributed by atoms with E-state index in [9.17, 15) is 0 Å². The molecule has 1 heterocycles. The van der Waals surface area contributed by atoms with Crippen molar-refractivity contribution in [2.45, 2.75) is 6.42 Å². The lowest BCUT2D eigenvalue weighted by Crippen LogP contribution is -2.09. The van der Waals surface area contributed by atoms with Crippen molar-refractivity contribution < 1.29 is 0 Å². The molecule has 0 amide bonds. The second kappa shape index (κ2) is 7.85. The maximum atomic E-state index is 3.27. The number of nitrogens with one attached hydrogen (secondary N) is 1. The summed E-state index contributed by atoms with van der Waals surface area (Å²) in [7, 11) is 4.13. The normalized spacial score (nSPS) is 21.0. The van der Waals surface area contributed by atoms with Crippen molar-refractivity contribution in [2.75, 3.05) is 31.3 Å². The monoisotopic (exact) mass is 286 g/mol. The number of benzene rings is 1. The molecule has 106 valence electrons. The first-order valence-corrected chi connectivity index (χ1v) is 7.90. The molecule has 2 rings (SSSR count). The molecular formula is C17H22N2S. The minimum Gasteiger partial charge on any atom is -0.390 e. The zero-order valence-corrected chi connectivity index (χ0v) is 13.0. The van der Waals surface area contributed by atoms with Crippen molar-refractivity contribution >= 4 is 23.5 Å². The van der Waals surface area contributed by atoms with E-state index >= 15 is 0 Å². The van der Waals surface area contributed by atoms with Crippen molar-refractivity contribution in [1.29, 1.82) is 0 Å². The highest BCUT2D eigenvalue weighted by atomic mass is 32.2. The SMILES string of the molecule is CN(C)c1ccc(/C=C2/C/C=C\C=C/NCCS2)cc1. The number of anilines is 1. The lowest BCUT2D eigenvalue weighted by atomic mass is 10.1. The fourth-order valence-corrected chi connectivity index (χ4v) is 2.84. The van der Waals surface area contributed by atoms with Crippen molar-refractivity contribution in [2.24, 2.45) is 0 Å². The first-order chi connectivity index (χ1) is 9.75. The van der Waals surface area contributed by atoms with E-state index in [2.05, 4.69) is 72.9 Å². The third-order valence-corrected chi connectivity index (χ3v) is 4.11. The Morgan fingerprint density at radius 2 is 1.95 bits per heavy atom. The largest absolute Gasteiger partial charge is 0.390 e. The highest BCUT2D eigenvalue weighted by molar-refractivity contribution is 8.03. The summed E-state index contributed by atoms with van der Waals surface area (Å²) in [4.78, 5) is 3.53. The molecule has 1 aromatic rings. The first-order valence-electron chi connectivity index (χ1n) is 6.91. The van der Waals surface area contributed by atoms with Gasteiger partial charge in [-0.3, -0.25) is 0 Å². The number of allylic oxidation sites excluding steroid dienone is 4. The maximum Gasteiger partial charge on any atom is 0.0361 e. The summed E-state index contributed by atoms with van der Waals surface area (Å²) in [6.07, 6.45) is 11.7. The molecule has 0 unspecified atom stereocenters. The molecule has 1 N–H and O–H groups in total. The smallest absolute Gasteiger partial charge is 0.0361 e. The molecule has 1 aliphatic rings. The third-order valence-electron chi connectivity index (χ3n) is 3.05. The van der Waals surface area contributed by atoms with Gasteiger partial charge in [0.15, 0.2) is 0 Å². The molecule has 0 aliphatic carbocycles. The molecule has 1 aliphatic heterocycles. The summed E-state index contributed by atoms with van der Waals surface area (Å²) in [5.74, 6) is 1.10. The first kappa shape index (κ1) is 14.8. The van der Waals surface area contributed by atoms with Crippen LogP contribution in [-0.2, 0) is 0 Å². The van der Waals surface area contributed by atoms with E-state index in [0.29, 0.717) is 0 Å². The van der Waals surface area contributed by atoms with Gasteiger partial charge in [0.2, 0.25) is 0 Å². The van der Waals surface area contributed by atoms with Gasteiger partial charge in [-0.1, -0.05) is 24.3 Å². The van der Waals surface area contributed by atoms with Gasteiger partial charge in [0.25, 0.3) is 0 Å². The van der Waals surface area contributed by atoms with Crippen molar-refractivity contribution in [3.8, 4) is 0 Å². The molecule has 1 aromatic carbocycles. The third kappa shape index (κ3) is 4.82. The predicted molar refractivity (Wildman–Crippen MR) is 92.1 cm³/mol. The number of rotatable bonds is 2. The minimum atomic E-state index is 1.00. The fraction of sp³-hybridized carbons (Fsp3) is 0.294. The van der Waals surface area contributed by atoms with E-state index in [1.807, 2.05) is 18.0 Å². The minimum absolute atomic E-state index is 1.00. The van der Waals surface area contributed by atoms with Crippen LogP contribution >= 0.6 is 11.8 Å². The van der Waals surface area contributed by atoms with Gasteiger partial charge in [-0.25, -0.2) is 0 Å². The molecule has 3 heteroatoms. The molecule has 0 atom stereocenters. The molecule has 0 aromatic heterocycles. The summed E-state index contributed by atoms with van der Waals surface area (Å²) in [6, 6.07) is 8.70. The average molecular weight is 286 g/mol. The Morgan fingerprint density at radius 3 is 2.70 bits per heavy atom. The van der Waals surface area contributed by atoms with Crippen LogP contribution in [0.2, 0.25) is 0 Å². The van der Waals surface area contributed by atoms with Crippen LogP contribution in [0.15, 0.2) is 53.6 Å². The molecule has 0 fully saturated rings. The number of hydrogen-bond acceptors (Lipinski definition) is 3. The molecule has 2 nitrogen and oxygen atoms in total. The van der Waals surface area contributed by atoms with Crippen LogP contribution in [-0.4, -0.2) is 26.4 Å². The second-order valence-electron chi connectivity index (χ2n) is 4.89. The standard InChI is InChI=1S/C17H22N2S/c1-19(2)16-9-7-15(8-10-16)14-17-6-4-3-5-11-18-12-13-20-17/h3-5,7-11,14,18H,6,12-13H2,1-2H3/b4-3-,11-5-,17-14-. The summed E-state index contributed by atoms with van der Waals surface area (Å²) in [5, 5.41) is 3.27. The van der Waals surface area contributed by atoms with Gasteiger partial charge >= 0.3 is 0 Å². The van der Waals surface area contributed by atoms with Crippen LogP contribution in [0.1, 0.15) is 12.0 Å². The van der Waals surface area contributed by atoms with Crippen LogP contribution in [0.3, 0.4) is 0 Å². The van der Waals surface area contributed by atoms with E-state index in [-0.39, 0.29) is 0 Å². The summed E-state index contributed by atoms with van der Waals surface area (Å²) >= 11 is 1.93. The van der Waals surface area contributed by atoms with Gasteiger partial charge in [0, 0.05) is 32.1 Å². The highest BCUT2D eigenvalue weighted by Gasteiger charge is 2.00. The van der Waals surface area contributed by atoms with Crippen LogP contribution in [0, 0.1) is 0 Å². The van der Waals surface area contributed by atoms with E-state index < -0.39 is 0 Å². The lowest BCUT2D eigenvalue weighted by molar-refractivity contribution is 0.929. The van der Waals surface area contributed by atoms with Crippen LogP contribution in [0.5, 0.6) is 0 Å². The molecular weight excluding hydrogens is 264 g/mol. The predicted octanol–water partition coefficient (Wildman–Crippen LogP) is 3.89. The van der Waals surface area contributed by atoms with E-state index in [4.69, 9.17) is 0 Å². The molecule has 0 saturated heterocycles. The second-order valence-corrected chi connectivity index (χ2v) is 6.11. The zero-order chi connectivity index (χ0) is 14.2. The van der Waals surface area contributed by atoms with E-state index in [1.54, 1.807) is 0 Å². The maximum absolute atomic E-state index is 3.27. The average Bonchev–Trinajstić information content (AvgIpc) is 2.46. The summed E-state index contributed by atoms with van der Waals surface area (Å²) in [5.41, 5.74) is 2.51. The molecule has 20 heavy (non-hydrogen) atoms. The molecule has 0 spiro atoms. The highest BCUT2D eigenvalue weighted by Crippen LogP contribution is 2.24. The Kier molecular flexibility index (Phi) is 5.81. The van der Waals surface area contributed by atoms with Crippen molar-refractivity contribution in [3.05, 3.63) is 59.2 Å². The molecule has 0 radical (unpaired) electrons. The Morgan fingerprint density at radius 1 is 1.15 bits per heavy atom. The quantitative estimate of drug-likeness (QED) is 0.888. The fourth-order valence-electron chi connectivity index (χ4n) is 1.92. The van der Waals surface area contributed by atoms with Crippen LogP contribution < -0.4 is 10.2 Å². The van der Waals surface area contributed by atoms with E-state index in [0.717, 1.165) is 18.7 Å². The number of thioether (sulfide) groups is 1. The van der Waals surface area contributed by atoms with Gasteiger partial charge in [-0.2, -0.15) is 0 Å². The summed E-state index contributed by atoms with van der Waals surface area (Å²) < 4.78 is 0. The van der Waals surface area contributed by atoms with Gasteiger partial charge in [0.05, 0.1) is 0 Å². The van der Waals surface area contributed by atoms with Gasteiger partial charge in [-0.15, -0.1) is 11.8 Å². The number of hydrogen-bond donors (Lipinski definition) is 1. The Labute approximate surface area is 126 Å². The van der Waals surface area contributed by atoms with Crippen LogP contribution in [0.4, 0.5) is 5.69 Å². The Bertz CT molecular complexity index is 498. The molecule has 0 bridgehead atoms.